The molecule has 0 unspecified atom stereocenters. The summed E-state index contributed by atoms with van der Waals surface area (Å²) in [5.41, 5.74) is 1.84. The van der Waals surface area contributed by atoms with E-state index in [2.05, 4.69) is 15.6 Å². The minimum atomic E-state index is -0.500. The maximum atomic E-state index is 13.3. The Balaban J connectivity index is 1.56. The number of carbonyl (C=O) groups excluding carboxylic acids is 2. The molecule has 4 rings (SSSR count). The molecule has 1 saturated heterocycles. The van der Waals surface area contributed by atoms with Crippen molar-refractivity contribution in [2.45, 2.75) is 18.4 Å². The summed E-state index contributed by atoms with van der Waals surface area (Å²) in [6.45, 7) is 0.269. The zero-order valence-corrected chi connectivity index (χ0v) is 18.3. The molecule has 6 nitrogen and oxygen atoms in total. The number of hydrogen-bond acceptors (Lipinski definition) is 3. The van der Waals surface area contributed by atoms with Crippen molar-refractivity contribution < 1.29 is 14.0 Å². The van der Waals surface area contributed by atoms with Gasteiger partial charge in [0.05, 0.1) is 5.02 Å². The number of piperidine rings is 1. The second-order valence-electron chi connectivity index (χ2n) is 7.40. The number of pyridine rings is 1. The van der Waals surface area contributed by atoms with Crippen LogP contribution in [0.3, 0.4) is 0 Å². The molecule has 0 saturated carbocycles. The minimum Gasteiger partial charge on any atom is -0.334 e. The van der Waals surface area contributed by atoms with Crippen molar-refractivity contribution in [3.05, 3.63) is 88.4 Å². The number of benzene rings is 2. The fraction of sp³-hybridized carbons (Fsp3) is 0.174. The normalized spacial score (nSPS) is 18.3. The number of hydrogen-bond donors (Lipinski definition) is 2. The third-order valence-electron chi connectivity index (χ3n) is 5.25. The highest BCUT2D eigenvalue weighted by atomic mass is 35.5. The molecular formula is C23H19Cl2FN4O2. The van der Waals surface area contributed by atoms with Gasteiger partial charge in [0.15, 0.2) is 0 Å². The van der Waals surface area contributed by atoms with Crippen molar-refractivity contribution in [2.75, 3.05) is 16.8 Å². The van der Waals surface area contributed by atoms with Gasteiger partial charge >= 0.3 is 6.03 Å². The molecule has 3 amide bonds. The topological polar surface area (TPSA) is 74.3 Å². The molecule has 2 aromatic carbocycles. The van der Waals surface area contributed by atoms with Crippen LogP contribution in [-0.4, -0.2) is 29.5 Å². The summed E-state index contributed by atoms with van der Waals surface area (Å²) in [5, 5.41) is 6.68. The Morgan fingerprint density at radius 1 is 1.00 bits per heavy atom. The maximum Gasteiger partial charge on any atom is 0.319 e. The van der Waals surface area contributed by atoms with Gasteiger partial charge in [-0.2, -0.15) is 0 Å². The summed E-state index contributed by atoms with van der Waals surface area (Å²) in [4.78, 5) is 31.5. The Hall–Kier alpha value is -3.16. The van der Waals surface area contributed by atoms with Crippen molar-refractivity contribution in [3.63, 3.8) is 0 Å². The maximum absolute atomic E-state index is 13.3. The van der Waals surface area contributed by atoms with E-state index >= 15 is 0 Å². The van der Waals surface area contributed by atoms with Crippen molar-refractivity contribution in [1.29, 1.82) is 0 Å². The fourth-order valence-corrected chi connectivity index (χ4v) is 3.90. The van der Waals surface area contributed by atoms with Gasteiger partial charge < -0.3 is 15.5 Å². The van der Waals surface area contributed by atoms with Gasteiger partial charge in [-0.1, -0.05) is 23.2 Å². The number of urea groups is 1. The van der Waals surface area contributed by atoms with Crippen LogP contribution in [0, 0.1) is 5.82 Å². The van der Waals surface area contributed by atoms with Crippen LogP contribution < -0.4 is 15.5 Å². The van der Waals surface area contributed by atoms with Crippen molar-refractivity contribution in [1.82, 2.24) is 10.3 Å². The van der Waals surface area contributed by atoms with Gasteiger partial charge in [-0.15, -0.1) is 0 Å². The molecule has 0 radical (unpaired) electrons. The number of carbonyl (C=O) groups is 2. The van der Waals surface area contributed by atoms with Gasteiger partial charge in [0.2, 0.25) is 5.91 Å². The van der Waals surface area contributed by atoms with Gasteiger partial charge in [0.25, 0.3) is 0 Å². The highest BCUT2D eigenvalue weighted by Gasteiger charge is 2.37. The van der Waals surface area contributed by atoms with E-state index in [1.54, 1.807) is 53.4 Å². The molecule has 32 heavy (non-hydrogen) atoms. The summed E-state index contributed by atoms with van der Waals surface area (Å²) in [6.07, 6.45) is 1.58. The predicted octanol–water partition coefficient (Wildman–Crippen LogP) is 5.24. The van der Waals surface area contributed by atoms with Crippen LogP contribution >= 0.6 is 23.2 Å². The van der Waals surface area contributed by atoms with E-state index in [1.165, 1.54) is 18.3 Å². The molecule has 1 aliphatic heterocycles. The van der Waals surface area contributed by atoms with Crippen LogP contribution in [0.25, 0.3) is 0 Å². The van der Waals surface area contributed by atoms with Crippen LogP contribution in [0.4, 0.5) is 20.6 Å². The van der Waals surface area contributed by atoms with E-state index in [4.69, 9.17) is 23.2 Å². The molecule has 1 fully saturated rings. The lowest BCUT2D eigenvalue weighted by molar-refractivity contribution is -0.120. The predicted molar refractivity (Wildman–Crippen MR) is 123 cm³/mol. The van der Waals surface area contributed by atoms with Crippen LogP contribution in [0.2, 0.25) is 10.0 Å². The largest absolute Gasteiger partial charge is 0.334 e. The lowest BCUT2D eigenvalue weighted by Crippen LogP contribution is -2.53. The van der Waals surface area contributed by atoms with Gasteiger partial charge in [0.1, 0.15) is 5.82 Å². The summed E-state index contributed by atoms with van der Waals surface area (Å²) >= 11 is 11.9. The minimum absolute atomic E-state index is 0.0559. The van der Waals surface area contributed by atoms with E-state index in [0.29, 0.717) is 27.1 Å². The summed E-state index contributed by atoms with van der Waals surface area (Å²) in [6, 6.07) is 15.0. The SMILES string of the molecule is O=C(Nc1ccc(Cl)cc1)N[C@@H]1CC(=O)N(c2ccc(F)cc2)C[C@H]1c1ccc(Cl)cn1. The molecular weight excluding hydrogens is 454 g/mol. The van der Waals surface area contributed by atoms with Gasteiger partial charge in [0, 0.05) is 53.2 Å². The summed E-state index contributed by atoms with van der Waals surface area (Å²) in [7, 11) is 0. The highest BCUT2D eigenvalue weighted by Crippen LogP contribution is 2.31. The van der Waals surface area contributed by atoms with E-state index in [0.717, 1.165) is 0 Å². The van der Waals surface area contributed by atoms with Crippen LogP contribution in [0.15, 0.2) is 66.9 Å². The first-order valence-corrected chi connectivity index (χ1v) is 10.6. The first kappa shape index (κ1) is 22.0. The third kappa shape index (κ3) is 5.18. The number of nitrogens with zero attached hydrogens (tertiary/aromatic N) is 2. The number of amides is 3. The smallest absolute Gasteiger partial charge is 0.319 e. The second kappa shape index (κ2) is 9.54. The molecule has 0 bridgehead atoms. The quantitative estimate of drug-likeness (QED) is 0.545. The van der Waals surface area contributed by atoms with Gasteiger partial charge in [-0.25, -0.2) is 9.18 Å². The van der Waals surface area contributed by atoms with Crippen LogP contribution in [0.5, 0.6) is 0 Å². The fourth-order valence-electron chi connectivity index (χ4n) is 3.66. The molecule has 0 spiro atoms. The Kier molecular flexibility index (Phi) is 6.58. The first-order chi connectivity index (χ1) is 15.4. The Morgan fingerprint density at radius 3 is 2.34 bits per heavy atom. The molecule has 0 aliphatic carbocycles. The van der Waals surface area contributed by atoms with Crippen LogP contribution in [0.1, 0.15) is 18.0 Å². The van der Waals surface area contributed by atoms with E-state index < -0.39 is 12.1 Å². The molecule has 164 valence electrons. The standard InChI is InChI=1S/C23H19Cl2FN4O2/c24-14-1-6-17(7-2-14)28-23(32)29-21-11-22(31)30(18-8-4-16(26)5-9-18)13-19(21)20-10-3-15(25)12-27-20/h1-10,12,19,21H,11,13H2,(H2,28,29,32)/t19-,21+/m0/s1. The third-order valence-corrected chi connectivity index (χ3v) is 5.72. The monoisotopic (exact) mass is 472 g/mol. The number of halogens is 3. The average Bonchev–Trinajstić information content (AvgIpc) is 2.77. The lowest BCUT2D eigenvalue weighted by atomic mass is 9.88. The van der Waals surface area contributed by atoms with Gasteiger partial charge in [-0.05, 0) is 60.7 Å². The second-order valence-corrected chi connectivity index (χ2v) is 8.28. The van der Waals surface area contributed by atoms with E-state index in [1.807, 2.05) is 0 Å². The summed E-state index contributed by atoms with van der Waals surface area (Å²) < 4.78 is 13.3. The van der Waals surface area contributed by atoms with Crippen molar-refractivity contribution in [3.8, 4) is 0 Å². The van der Waals surface area contributed by atoms with Crippen LogP contribution in [-0.2, 0) is 4.79 Å². The van der Waals surface area contributed by atoms with Gasteiger partial charge in [-0.3, -0.25) is 9.78 Å². The number of rotatable bonds is 4. The van der Waals surface area contributed by atoms with Crippen molar-refractivity contribution >= 4 is 46.5 Å². The molecule has 2 atom stereocenters. The molecule has 1 aromatic heterocycles. The Labute approximate surface area is 194 Å². The van der Waals surface area contributed by atoms with E-state index in [9.17, 15) is 14.0 Å². The average molecular weight is 473 g/mol. The number of aromatic nitrogens is 1. The lowest BCUT2D eigenvalue weighted by Gasteiger charge is -2.38. The Morgan fingerprint density at radius 2 is 1.69 bits per heavy atom. The molecule has 3 aromatic rings. The molecule has 9 heteroatoms. The zero-order chi connectivity index (χ0) is 22.7. The summed E-state index contributed by atoms with van der Waals surface area (Å²) in [5.74, 6) is -0.864. The number of nitrogens with one attached hydrogen (secondary N) is 2. The number of anilines is 2. The van der Waals surface area contributed by atoms with Crippen molar-refractivity contribution in [2.24, 2.45) is 0 Å². The van der Waals surface area contributed by atoms with E-state index in [-0.39, 0.29) is 30.6 Å². The zero-order valence-electron chi connectivity index (χ0n) is 16.8. The first-order valence-electron chi connectivity index (χ1n) is 9.89. The molecule has 2 N–H and O–H groups in total. The molecule has 2 heterocycles. The highest BCUT2D eigenvalue weighted by molar-refractivity contribution is 6.30. The Bertz CT molecular complexity index is 1110. The molecule has 1 aliphatic rings.